The van der Waals surface area contributed by atoms with Gasteiger partial charge in [0, 0.05) is 18.0 Å². The molecular formula is C18H19N3O3S. The molecule has 0 fully saturated rings. The van der Waals surface area contributed by atoms with E-state index in [1.807, 2.05) is 43.3 Å². The number of nitrogens with zero attached hydrogens (tertiary/aromatic N) is 2. The normalized spacial score (nSPS) is 12.2. The SMILES string of the molecule is COCC(C)NC(=O)Cn1cnc2sc(-c3ccccc3)cc2c1=O. The fourth-order valence-electron chi connectivity index (χ4n) is 2.58. The maximum absolute atomic E-state index is 12.6. The number of hydrogen-bond acceptors (Lipinski definition) is 5. The predicted molar refractivity (Wildman–Crippen MR) is 98.8 cm³/mol. The third kappa shape index (κ3) is 3.94. The molecule has 0 aliphatic rings. The van der Waals surface area contributed by atoms with Crippen LogP contribution < -0.4 is 10.9 Å². The van der Waals surface area contributed by atoms with E-state index in [2.05, 4.69) is 10.3 Å². The molecule has 7 heteroatoms. The lowest BCUT2D eigenvalue weighted by Gasteiger charge is -2.13. The van der Waals surface area contributed by atoms with Crippen molar-refractivity contribution >= 4 is 27.5 Å². The van der Waals surface area contributed by atoms with E-state index in [9.17, 15) is 9.59 Å². The van der Waals surface area contributed by atoms with Gasteiger partial charge in [0.05, 0.1) is 18.3 Å². The van der Waals surface area contributed by atoms with E-state index in [4.69, 9.17) is 4.74 Å². The van der Waals surface area contributed by atoms with Crippen molar-refractivity contribution in [1.29, 1.82) is 0 Å². The van der Waals surface area contributed by atoms with Crippen LogP contribution in [0.15, 0.2) is 47.5 Å². The van der Waals surface area contributed by atoms with E-state index in [1.165, 1.54) is 22.2 Å². The summed E-state index contributed by atoms with van der Waals surface area (Å²) in [5, 5.41) is 3.32. The molecule has 3 aromatic rings. The number of ether oxygens (including phenoxy) is 1. The van der Waals surface area contributed by atoms with Gasteiger partial charge in [0.1, 0.15) is 11.4 Å². The third-order valence-electron chi connectivity index (χ3n) is 3.71. The molecule has 0 aliphatic carbocycles. The highest BCUT2D eigenvalue weighted by Crippen LogP contribution is 2.30. The molecule has 0 aliphatic heterocycles. The monoisotopic (exact) mass is 357 g/mol. The molecule has 0 spiro atoms. The molecule has 0 radical (unpaired) electrons. The van der Waals surface area contributed by atoms with Crippen molar-refractivity contribution in [1.82, 2.24) is 14.9 Å². The van der Waals surface area contributed by atoms with Crippen LogP contribution in [0.1, 0.15) is 6.92 Å². The Bertz CT molecular complexity index is 934. The summed E-state index contributed by atoms with van der Waals surface area (Å²) < 4.78 is 6.32. The first-order valence-electron chi connectivity index (χ1n) is 7.91. The summed E-state index contributed by atoms with van der Waals surface area (Å²) in [5.41, 5.74) is 0.834. The minimum absolute atomic E-state index is 0.0632. The molecule has 0 saturated heterocycles. The average Bonchev–Trinajstić information content (AvgIpc) is 3.03. The summed E-state index contributed by atoms with van der Waals surface area (Å²) in [6.45, 7) is 2.20. The second kappa shape index (κ2) is 7.58. The summed E-state index contributed by atoms with van der Waals surface area (Å²) >= 11 is 1.47. The number of rotatable bonds is 6. The first-order chi connectivity index (χ1) is 12.1. The van der Waals surface area contributed by atoms with Crippen molar-refractivity contribution in [3.05, 3.63) is 53.1 Å². The maximum Gasteiger partial charge on any atom is 0.262 e. The van der Waals surface area contributed by atoms with E-state index in [1.54, 1.807) is 7.11 Å². The highest BCUT2D eigenvalue weighted by Gasteiger charge is 2.13. The van der Waals surface area contributed by atoms with Gasteiger partial charge < -0.3 is 10.1 Å². The quantitative estimate of drug-likeness (QED) is 0.734. The molecule has 1 N–H and O–H groups in total. The first-order valence-corrected chi connectivity index (χ1v) is 8.73. The van der Waals surface area contributed by atoms with Crippen molar-refractivity contribution in [3.63, 3.8) is 0 Å². The maximum atomic E-state index is 12.6. The van der Waals surface area contributed by atoms with Crippen LogP contribution in [0.4, 0.5) is 0 Å². The molecule has 25 heavy (non-hydrogen) atoms. The van der Waals surface area contributed by atoms with Gasteiger partial charge in [-0.25, -0.2) is 4.98 Å². The molecule has 1 unspecified atom stereocenters. The zero-order valence-corrected chi connectivity index (χ0v) is 14.9. The molecule has 1 amide bonds. The fourth-order valence-corrected chi connectivity index (χ4v) is 3.58. The number of nitrogens with one attached hydrogen (secondary N) is 1. The Hall–Kier alpha value is -2.51. The molecule has 1 atom stereocenters. The largest absolute Gasteiger partial charge is 0.383 e. The number of carbonyl (C=O) groups excluding carboxylic acids is 1. The van der Waals surface area contributed by atoms with Crippen molar-refractivity contribution in [2.75, 3.05) is 13.7 Å². The van der Waals surface area contributed by atoms with E-state index < -0.39 is 0 Å². The Balaban J connectivity index is 1.85. The number of benzene rings is 1. The van der Waals surface area contributed by atoms with Crippen molar-refractivity contribution in [2.24, 2.45) is 0 Å². The topological polar surface area (TPSA) is 73.2 Å². The molecule has 1 aromatic carbocycles. The Morgan fingerprint density at radius 3 is 2.84 bits per heavy atom. The van der Waals surface area contributed by atoms with Crippen LogP contribution >= 0.6 is 11.3 Å². The van der Waals surface area contributed by atoms with Crippen LogP contribution in [0.5, 0.6) is 0 Å². The van der Waals surface area contributed by atoms with E-state index in [-0.39, 0.29) is 24.1 Å². The molecular weight excluding hydrogens is 338 g/mol. The number of fused-ring (bicyclic) bond motifs is 1. The van der Waals surface area contributed by atoms with Gasteiger partial charge in [-0.05, 0) is 18.6 Å². The Morgan fingerprint density at radius 2 is 2.12 bits per heavy atom. The number of amides is 1. The van der Waals surface area contributed by atoms with Crippen LogP contribution in [0.2, 0.25) is 0 Å². The minimum atomic E-state index is -0.244. The van der Waals surface area contributed by atoms with Gasteiger partial charge in [-0.2, -0.15) is 0 Å². The lowest BCUT2D eigenvalue weighted by molar-refractivity contribution is -0.122. The summed E-state index contributed by atoms with van der Waals surface area (Å²) in [5.74, 6) is -0.244. The number of thiophene rings is 1. The van der Waals surface area contributed by atoms with E-state index in [0.717, 1.165) is 10.4 Å². The van der Waals surface area contributed by atoms with Crippen molar-refractivity contribution in [3.8, 4) is 10.4 Å². The van der Waals surface area contributed by atoms with Gasteiger partial charge >= 0.3 is 0 Å². The third-order valence-corrected chi connectivity index (χ3v) is 4.81. The van der Waals surface area contributed by atoms with Crippen LogP contribution in [-0.4, -0.2) is 35.2 Å². The van der Waals surface area contributed by atoms with Gasteiger partial charge in [-0.1, -0.05) is 30.3 Å². The Morgan fingerprint density at radius 1 is 1.36 bits per heavy atom. The van der Waals surface area contributed by atoms with Crippen LogP contribution in [0, 0.1) is 0 Å². The van der Waals surface area contributed by atoms with Crippen molar-refractivity contribution < 1.29 is 9.53 Å². The lowest BCUT2D eigenvalue weighted by Crippen LogP contribution is -2.39. The lowest BCUT2D eigenvalue weighted by atomic mass is 10.2. The summed E-state index contributed by atoms with van der Waals surface area (Å²) in [6, 6.07) is 11.6. The predicted octanol–water partition coefficient (Wildman–Crippen LogP) is 2.28. The fraction of sp³-hybridized carbons (Fsp3) is 0.278. The number of methoxy groups -OCH3 is 1. The highest BCUT2D eigenvalue weighted by molar-refractivity contribution is 7.21. The Kier molecular flexibility index (Phi) is 5.25. The molecule has 2 heterocycles. The molecule has 2 aromatic heterocycles. The number of hydrogen-bond donors (Lipinski definition) is 1. The molecule has 6 nitrogen and oxygen atoms in total. The van der Waals surface area contributed by atoms with E-state index >= 15 is 0 Å². The molecule has 130 valence electrons. The van der Waals surface area contributed by atoms with Gasteiger partial charge in [0.25, 0.3) is 5.56 Å². The number of aromatic nitrogens is 2. The summed E-state index contributed by atoms with van der Waals surface area (Å²) in [6.07, 6.45) is 1.43. The van der Waals surface area contributed by atoms with Crippen LogP contribution in [0.25, 0.3) is 20.7 Å². The molecule has 3 rings (SSSR count). The van der Waals surface area contributed by atoms with Gasteiger partial charge in [-0.3, -0.25) is 14.2 Å². The Labute approximate surface area is 149 Å². The zero-order chi connectivity index (χ0) is 17.8. The molecule has 0 bridgehead atoms. The second-order valence-electron chi connectivity index (χ2n) is 5.80. The smallest absolute Gasteiger partial charge is 0.262 e. The summed E-state index contributed by atoms with van der Waals surface area (Å²) in [7, 11) is 1.58. The van der Waals surface area contributed by atoms with Gasteiger partial charge in [-0.15, -0.1) is 11.3 Å². The van der Waals surface area contributed by atoms with Crippen molar-refractivity contribution in [2.45, 2.75) is 19.5 Å². The van der Waals surface area contributed by atoms with E-state index in [0.29, 0.717) is 16.8 Å². The minimum Gasteiger partial charge on any atom is -0.383 e. The first kappa shape index (κ1) is 17.3. The zero-order valence-electron chi connectivity index (χ0n) is 14.1. The van der Waals surface area contributed by atoms with Crippen LogP contribution in [0.3, 0.4) is 0 Å². The number of carbonyl (C=O) groups is 1. The van der Waals surface area contributed by atoms with Gasteiger partial charge in [0.2, 0.25) is 5.91 Å². The molecule has 0 saturated carbocycles. The standard InChI is InChI=1S/C18H19N3O3S/c1-12(10-24-2)20-16(22)9-21-11-19-17-14(18(21)23)8-15(25-17)13-6-4-3-5-7-13/h3-8,11-12H,9-10H2,1-2H3,(H,20,22). The average molecular weight is 357 g/mol. The second-order valence-corrected chi connectivity index (χ2v) is 6.83. The summed E-state index contributed by atoms with van der Waals surface area (Å²) in [4.78, 5) is 30.7. The van der Waals surface area contributed by atoms with Gasteiger partial charge in [0.15, 0.2) is 0 Å². The highest BCUT2D eigenvalue weighted by atomic mass is 32.1. The van der Waals surface area contributed by atoms with Crippen LogP contribution in [-0.2, 0) is 16.1 Å².